The summed E-state index contributed by atoms with van der Waals surface area (Å²) < 4.78 is 9.67. The van der Waals surface area contributed by atoms with Crippen LogP contribution in [0.2, 0.25) is 0 Å². The van der Waals surface area contributed by atoms with Crippen LogP contribution in [0.3, 0.4) is 0 Å². The molecule has 0 spiro atoms. The minimum absolute atomic E-state index is 0.00116. The Bertz CT molecular complexity index is 257. The van der Waals surface area contributed by atoms with Gasteiger partial charge in [-0.25, -0.2) is 4.79 Å². The molecule has 0 atom stereocenters. The highest BCUT2D eigenvalue weighted by Crippen LogP contribution is 2.02. The average Bonchev–Trinajstić information content (AvgIpc) is 2.11. The fourth-order valence-electron chi connectivity index (χ4n) is 0.734. The van der Waals surface area contributed by atoms with E-state index in [1.165, 1.54) is 20.4 Å². The Morgan fingerprint density at radius 3 is 2.43 bits per heavy atom. The van der Waals surface area contributed by atoms with Crippen molar-refractivity contribution in [3.63, 3.8) is 0 Å². The molecular weight excluding hydrogens is 184 g/mol. The van der Waals surface area contributed by atoms with E-state index in [2.05, 4.69) is 4.99 Å². The summed E-state index contributed by atoms with van der Waals surface area (Å²) >= 11 is 0. The minimum atomic E-state index is -0.537. The van der Waals surface area contributed by atoms with Crippen LogP contribution in [0.4, 0.5) is 0 Å². The standard InChI is InChI=1S/C9H16N2O3/c1-6(2)14-9(12)7(5-11-3)8(10)13-4/h5-6H,10H2,1-4H3/b8-7-,11-5?. The summed E-state index contributed by atoms with van der Waals surface area (Å²) in [4.78, 5) is 15.1. The van der Waals surface area contributed by atoms with Crippen LogP contribution in [0.1, 0.15) is 13.8 Å². The zero-order chi connectivity index (χ0) is 11.1. The number of nitrogens with zero attached hydrogens (tertiary/aromatic N) is 1. The van der Waals surface area contributed by atoms with Gasteiger partial charge in [-0.1, -0.05) is 0 Å². The van der Waals surface area contributed by atoms with E-state index in [1.807, 2.05) is 0 Å². The maximum Gasteiger partial charge on any atom is 0.345 e. The quantitative estimate of drug-likeness (QED) is 0.309. The van der Waals surface area contributed by atoms with Gasteiger partial charge in [-0.05, 0) is 13.8 Å². The molecule has 0 aromatic carbocycles. The molecule has 0 aromatic heterocycles. The van der Waals surface area contributed by atoms with Crippen LogP contribution in [0.5, 0.6) is 0 Å². The first kappa shape index (κ1) is 12.5. The molecule has 0 aliphatic carbocycles. The molecule has 5 heteroatoms. The number of ether oxygens (including phenoxy) is 2. The van der Waals surface area contributed by atoms with Crippen LogP contribution in [0.25, 0.3) is 0 Å². The van der Waals surface area contributed by atoms with E-state index in [0.29, 0.717) is 0 Å². The van der Waals surface area contributed by atoms with Crippen LogP contribution in [0, 0.1) is 0 Å². The number of esters is 1. The van der Waals surface area contributed by atoms with Crippen molar-refractivity contribution >= 4 is 12.2 Å². The summed E-state index contributed by atoms with van der Waals surface area (Å²) in [5.74, 6) is -0.536. The van der Waals surface area contributed by atoms with Gasteiger partial charge in [0.25, 0.3) is 0 Å². The number of rotatable bonds is 4. The SMILES string of the molecule is CN=C/C(C(=O)OC(C)C)=C(\N)OC. The molecule has 0 radical (unpaired) electrons. The van der Waals surface area contributed by atoms with Crippen molar-refractivity contribution in [3.05, 3.63) is 11.5 Å². The number of hydrogen-bond donors (Lipinski definition) is 1. The largest absolute Gasteiger partial charge is 0.482 e. The molecule has 0 rings (SSSR count). The molecular formula is C9H16N2O3. The third-order valence-electron chi connectivity index (χ3n) is 1.31. The minimum Gasteiger partial charge on any atom is -0.482 e. The topological polar surface area (TPSA) is 73.9 Å². The summed E-state index contributed by atoms with van der Waals surface area (Å²) in [5, 5.41) is 0. The second-order valence-corrected chi connectivity index (χ2v) is 2.82. The third kappa shape index (κ3) is 3.93. The van der Waals surface area contributed by atoms with Gasteiger partial charge in [0.1, 0.15) is 5.57 Å². The number of aliphatic imine (C=N–C) groups is 1. The molecule has 0 bridgehead atoms. The van der Waals surface area contributed by atoms with E-state index in [4.69, 9.17) is 15.2 Å². The number of carbonyl (C=O) groups excluding carboxylic acids is 1. The monoisotopic (exact) mass is 200 g/mol. The van der Waals surface area contributed by atoms with E-state index in [0.717, 1.165) is 0 Å². The lowest BCUT2D eigenvalue weighted by molar-refractivity contribution is -0.142. The van der Waals surface area contributed by atoms with Crippen molar-refractivity contribution in [2.24, 2.45) is 10.7 Å². The van der Waals surface area contributed by atoms with Crippen molar-refractivity contribution < 1.29 is 14.3 Å². The molecule has 0 fully saturated rings. The van der Waals surface area contributed by atoms with Crippen molar-refractivity contribution in [2.45, 2.75) is 20.0 Å². The van der Waals surface area contributed by atoms with Gasteiger partial charge in [-0.3, -0.25) is 4.99 Å². The molecule has 0 amide bonds. The van der Waals surface area contributed by atoms with Gasteiger partial charge in [0, 0.05) is 13.3 Å². The Kier molecular flexibility index (Phi) is 5.36. The van der Waals surface area contributed by atoms with Gasteiger partial charge < -0.3 is 15.2 Å². The van der Waals surface area contributed by atoms with Gasteiger partial charge >= 0.3 is 5.97 Å². The normalized spacial score (nSPS) is 12.9. The van der Waals surface area contributed by atoms with Crippen LogP contribution in [0.15, 0.2) is 16.4 Å². The first-order chi connectivity index (χ1) is 6.52. The molecule has 0 saturated carbocycles. The first-order valence-corrected chi connectivity index (χ1v) is 4.19. The molecule has 0 saturated heterocycles. The molecule has 0 unspecified atom stereocenters. The Hall–Kier alpha value is -1.52. The van der Waals surface area contributed by atoms with Crippen molar-refractivity contribution in [2.75, 3.05) is 14.2 Å². The van der Waals surface area contributed by atoms with Gasteiger partial charge in [0.2, 0.25) is 0 Å². The summed E-state index contributed by atoms with van der Waals surface area (Å²) in [6.07, 6.45) is 1.11. The lowest BCUT2D eigenvalue weighted by atomic mass is 10.3. The Balaban J connectivity index is 4.76. The highest BCUT2D eigenvalue weighted by molar-refractivity contribution is 6.09. The van der Waals surface area contributed by atoms with Gasteiger partial charge in [-0.2, -0.15) is 0 Å². The lowest BCUT2D eigenvalue weighted by Crippen LogP contribution is -2.19. The van der Waals surface area contributed by atoms with Crippen molar-refractivity contribution in [1.82, 2.24) is 0 Å². The molecule has 0 aliphatic rings. The third-order valence-corrected chi connectivity index (χ3v) is 1.31. The Labute approximate surface area is 83.6 Å². The van der Waals surface area contributed by atoms with Gasteiger partial charge in [0.05, 0.1) is 13.2 Å². The lowest BCUT2D eigenvalue weighted by Gasteiger charge is -2.09. The predicted molar refractivity (Wildman–Crippen MR) is 53.9 cm³/mol. The fourth-order valence-corrected chi connectivity index (χ4v) is 0.734. The van der Waals surface area contributed by atoms with E-state index >= 15 is 0 Å². The fraction of sp³-hybridized carbons (Fsp3) is 0.556. The zero-order valence-corrected chi connectivity index (χ0v) is 8.90. The Morgan fingerprint density at radius 1 is 1.50 bits per heavy atom. The maximum atomic E-state index is 11.4. The summed E-state index contributed by atoms with van der Waals surface area (Å²) in [6.45, 7) is 3.50. The van der Waals surface area contributed by atoms with Crippen LogP contribution < -0.4 is 5.73 Å². The van der Waals surface area contributed by atoms with Crippen molar-refractivity contribution in [3.8, 4) is 0 Å². The molecule has 0 aliphatic heterocycles. The molecule has 14 heavy (non-hydrogen) atoms. The van der Waals surface area contributed by atoms with Crippen LogP contribution >= 0.6 is 0 Å². The van der Waals surface area contributed by atoms with E-state index in [9.17, 15) is 4.79 Å². The summed E-state index contributed by atoms with van der Waals surface area (Å²) in [6, 6.07) is 0. The second kappa shape index (κ2) is 6.01. The van der Waals surface area contributed by atoms with Gasteiger partial charge in [0.15, 0.2) is 5.88 Å². The summed E-state index contributed by atoms with van der Waals surface area (Å²) in [5.41, 5.74) is 5.57. The van der Waals surface area contributed by atoms with Crippen LogP contribution in [-0.4, -0.2) is 32.4 Å². The molecule has 5 nitrogen and oxygen atoms in total. The second-order valence-electron chi connectivity index (χ2n) is 2.82. The summed E-state index contributed by atoms with van der Waals surface area (Å²) in [7, 11) is 2.91. The first-order valence-electron chi connectivity index (χ1n) is 4.19. The number of methoxy groups -OCH3 is 1. The highest BCUT2D eigenvalue weighted by atomic mass is 16.5. The maximum absolute atomic E-state index is 11.4. The smallest absolute Gasteiger partial charge is 0.345 e. The molecule has 2 N–H and O–H groups in total. The van der Waals surface area contributed by atoms with Crippen molar-refractivity contribution in [1.29, 1.82) is 0 Å². The zero-order valence-electron chi connectivity index (χ0n) is 8.90. The van der Waals surface area contributed by atoms with Gasteiger partial charge in [-0.15, -0.1) is 0 Å². The number of carbonyl (C=O) groups is 1. The van der Waals surface area contributed by atoms with E-state index in [1.54, 1.807) is 13.8 Å². The average molecular weight is 200 g/mol. The Morgan fingerprint density at radius 2 is 2.07 bits per heavy atom. The predicted octanol–water partition coefficient (Wildman–Crippen LogP) is 0.455. The molecule has 80 valence electrons. The van der Waals surface area contributed by atoms with E-state index < -0.39 is 5.97 Å². The van der Waals surface area contributed by atoms with Crippen LogP contribution in [-0.2, 0) is 14.3 Å². The molecule has 0 aromatic rings. The number of nitrogens with two attached hydrogens (primary N) is 1. The number of hydrogen-bond acceptors (Lipinski definition) is 5. The highest BCUT2D eigenvalue weighted by Gasteiger charge is 2.15. The van der Waals surface area contributed by atoms with E-state index in [-0.39, 0.29) is 17.6 Å². The molecule has 0 heterocycles.